The van der Waals surface area contributed by atoms with Gasteiger partial charge in [0, 0.05) is 16.5 Å². The van der Waals surface area contributed by atoms with E-state index in [1.54, 1.807) is 18.2 Å². The molecule has 2 aromatic carbocycles. The first-order valence-corrected chi connectivity index (χ1v) is 7.13. The average molecular weight is 392 g/mol. The van der Waals surface area contributed by atoms with E-state index >= 15 is 0 Å². The lowest BCUT2D eigenvalue weighted by molar-refractivity contribution is 0.173. The average Bonchev–Trinajstić information content (AvgIpc) is 2.34. The summed E-state index contributed by atoms with van der Waals surface area (Å²) < 4.78 is 28.0. The molecule has 2 rings (SSSR count). The molecule has 19 heavy (non-hydrogen) atoms. The fourth-order valence-corrected chi connectivity index (χ4v) is 2.56. The van der Waals surface area contributed by atoms with Gasteiger partial charge in [-0.2, -0.15) is 0 Å². The molecule has 0 aromatic heterocycles. The third-order valence-corrected chi connectivity index (χ3v) is 4.15. The van der Waals surface area contributed by atoms with E-state index in [-0.39, 0.29) is 12.0 Å². The van der Waals surface area contributed by atoms with Gasteiger partial charge in [0.2, 0.25) is 0 Å². The van der Waals surface area contributed by atoms with Gasteiger partial charge in [0.15, 0.2) is 0 Å². The molecular weight excluding hydrogens is 382 g/mol. The predicted octanol–water partition coefficient (Wildman–Crippen LogP) is 4.77. The monoisotopic (exact) mass is 390 g/mol. The van der Waals surface area contributed by atoms with Gasteiger partial charge in [-0.3, -0.25) is 0 Å². The Kier molecular flexibility index (Phi) is 4.71. The zero-order valence-corrected chi connectivity index (χ0v) is 12.9. The van der Waals surface area contributed by atoms with Crippen LogP contribution in [0.2, 0.25) is 0 Å². The summed E-state index contributed by atoms with van der Waals surface area (Å²) in [4.78, 5) is 0. The zero-order valence-electron chi connectivity index (χ0n) is 9.71. The smallest absolute Gasteiger partial charge is 0.137 e. The highest BCUT2D eigenvalue weighted by atomic mass is 79.9. The maximum absolute atomic E-state index is 13.7. The van der Waals surface area contributed by atoms with Gasteiger partial charge in [0.05, 0.1) is 10.6 Å². The zero-order chi connectivity index (χ0) is 14.0. The van der Waals surface area contributed by atoms with Crippen LogP contribution in [-0.2, 0) is 6.42 Å². The Morgan fingerprint density at radius 3 is 2.47 bits per heavy atom. The number of halogens is 4. The molecule has 0 heterocycles. The molecule has 0 saturated heterocycles. The number of hydrogen-bond acceptors (Lipinski definition) is 1. The van der Waals surface area contributed by atoms with Crippen LogP contribution in [0.4, 0.5) is 8.78 Å². The molecule has 1 N–H and O–H groups in total. The first-order valence-electron chi connectivity index (χ1n) is 5.55. The summed E-state index contributed by atoms with van der Waals surface area (Å²) in [6.07, 6.45) is -0.886. The van der Waals surface area contributed by atoms with Crippen molar-refractivity contribution in [2.45, 2.75) is 12.5 Å². The lowest BCUT2D eigenvalue weighted by Gasteiger charge is -2.13. The van der Waals surface area contributed by atoms with Crippen molar-refractivity contribution in [1.29, 1.82) is 0 Å². The van der Waals surface area contributed by atoms with E-state index in [0.717, 1.165) is 0 Å². The van der Waals surface area contributed by atoms with Crippen molar-refractivity contribution in [2.75, 3.05) is 0 Å². The second-order valence-corrected chi connectivity index (χ2v) is 5.81. The SMILES string of the molecule is OC(Cc1cccc(F)c1Br)c1ccc(Br)cc1F. The van der Waals surface area contributed by atoms with Crippen LogP contribution in [0, 0.1) is 11.6 Å². The van der Waals surface area contributed by atoms with E-state index in [1.165, 1.54) is 18.2 Å². The van der Waals surface area contributed by atoms with Gasteiger partial charge in [0.1, 0.15) is 11.6 Å². The van der Waals surface area contributed by atoms with Crippen molar-refractivity contribution in [3.8, 4) is 0 Å². The summed E-state index contributed by atoms with van der Waals surface area (Å²) >= 11 is 6.28. The molecule has 0 amide bonds. The third-order valence-electron chi connectivity index (χ3n) is 2.77. The molecule has 1 unspecified atom stereocenters. The molecule has 0 saturated carbocycles. The fraction of sp³-hybridized carbons (Fsp3) is 0.143. The Morgan fingerprint density at radius 2 is 1.79 bits per heavy atom. The maximum Gasteiger partial charge on any atom is 0.137 e. The van der Waals surface area contributed by atoms with Crippen molar-refractivity contribution in [2.24, 2.45) is 0 Å². The quantitative estimate of drug-likeness (QED) is 0.799. The number of aliphatic hydroxyl groups excluding tert-OH is 1. The van der Waals surface area contributed by atoms with Crippen molar-refractivity contribution in [3.05, 3.63) is 68.1 Å². The molecule has 1 nitrogen and oxygen atoms in total. The van der Waals surface area contributed by atoms with Gasteiger partial charge < -0.3 is 5.11 Å². The Hall–Kier alpha value is -0.780. The van der Waals surface area contributed by atoms with Gasteiger partial charge in [0.25, 0.3) is 0 Å². The first-order chi connectivity index (χ1) is 8.99. The van der Waals surface area contributed by atoms with Crippen LogP contribution >= 0.6 is 31.9 Å². The highest BCUT2D eigenvalue weighted by molar-refractivity contribution is 9.10. The van der Waals surface area contributed by atoms with Crippen LogP contribution < -0.4 is 0 Å². The Morgan fingerprint density at radius 1 is 1.05 bits per heavy atom. The maximum atomic E-state index is 13.7. The summed E-state index contributed by atoms with van der Waals surface area (Å²) in [5, 5.41) is 10.1. The minimum Gasteiger partial charge on any atom is -0.388 e. The lowest BCUT2D eigenvalue weighted by Crippen LogP contribution is -2.05. The molecule has 0 bridgehead atoms. The van der Waals surface area contributed by atoms with Crippen molar-refractivity contribution >= 4 is 31.9 Å². The van der Waals surface area contributed by atoms with Gasteiger partial charge >= 0.3 is 0 Å². The van der Waals surface area contributed by atoms with E-state index in [2.05, 4.69) is 31.9 Å². The standard InChI is InChI=1S/C14H10Br2F2O/c15-9-4-5-10(12(18)7-9)13(19)6-8-2-1-3-11(17)14(8)16/h1-5,7,13,19H,6H2. The third kappa shape index (κ3) is 3.41. The first kappa shape index (κ1) is 14.6. The van der Waals surface area contributed by atoms with Crippen LogP contribution in [0.1, 0.15) is 17.2 Å². The van der Waals surface area contributed by atoms with Crippen LogP contribution in [-0.4, -0.2) is 5.11 Å². The Balaban J connectivity index is 2.25. The molecule has 0 aliphatic carbocycles. The summed E-state index contributed by atoms with van der Waals surface area (Å²) in [5.41, 5.74) is 0.786. The van der Waals surface area contributed by atoms with E-state index in [1.807, 2.05) is 0 Å². The molecule has 0 aliphatic rings. The predicted molar refractivity (Wildman–Crippen MR) is 76.9 cm³/mol. The summed E-state index contributed by atoms with van der Waals surface area (Å²) in [6, 6.07) is 9.02. The second-order valence-electron chi connectivity index (χ2n) is 4.10. The number of benzene rings is 2. The van der Waals surface area contributed by atoms with Crippen LogP contribution in [0.15, 0.2) is 45.3 Å². The van der Waals surface area contributed by atoms with Gasteiger partial charge in [-0.25, -0.2) is 8.78 Å². The summed E-state index contributed by atoms with van der Waals surface area (Å²) in [7, 11) is 0. The van der Waals surface area contributed by atoms with Gasteiger partial charge in [-0.1, -0.05) is 34.1 Å². The highest BCUT2D eigenvalue weighted by Crippen LogP contribution is 2.28. The second kappa shape index (κ2) is 6.11. The molecule has 5 heteroatoms. The highest BCUT2D eigenvalue weighted by Gasteiger charge is 2.16. The van der Waals surface area contributed by atoms with Crippen LogP contribution in [0.5, 0.6) is 0 Å². The number of rotatable bonds is 3. The molecule has 0 spiro atoms. The van der Waals surface area contributed by atoms with Crippen molar-refractivity contribution in [3.63, 3.8) is 0 Å². The molecule has 1 atom stereocenters. The topological polar surface area (TPSA) is 20.2 Å². The minimum atomic E-state index is -1.02. The number of aliphatic hydroxyl groups is 1. The van der Waals surface area contributed by atoms with Gasteiger partial charge in [-0.15, -0.1) is 0 Å². The van der Waals surface area contributed by atoms with Crippen LogP contribution in [0.3, 0.4) is 0 Å². The largest absolute Gasteiger partial charge is 0.388 e. The molecule has 0 fully saturated rings. The molecule has 2 aromatic rings. The van der Waals surface area contributed by atoms with E-state index in [0.29, 0.717) is 14.5 Å². The molecule has 0 aliphatic heterocycles. The van der Waals surface area contributed by atoms with Crippen molar-refractivity contribution < 1.29 is 13.9 Å². The van der Waals surface area contributed by atoms with E-state index in [9.17, 15) is 13.9 Å². The summed E-state index contributed by atoms with van der Waals surface area (Å²) in [5.74, 6) is -0.893. The molecule has 100 valence electrons. The molecular formula is C14H10Br2F2O. The van der Waals surface area contributed by atoms with Gasteiger partial charge in [-0.05, 0) is 39.7 Å². The van der Waals surface area contributed by atoms with E-state index in [4.69, 9.17) is 0 Å². The van der Waals surface area contributed by atoms with Crippen LogP contribution in [0.25, 0.3) is 0 Å². The Labute approximate surface area is 126 Å². The Bertz CT molecular complexity index is 602. The minimum absolute atomic E-state index is 0.136. The normalized spacial score (nSPS) is 12.5. The fourth-order valence-electron chi connectivity index (χ4n) is 1.80. The molecule has 0 radical (unpaired) electrons. The lowest BCUT2D eigenvalue weighted by atomic mass is 10.0. The summed E-state index contributed by atoms with van der Waals surface area (Å²) in [6.45, 7) is 0. The van der Waals surface area contributed by atoms with Crippen molar-refractivity contribution in [1.82, 2.24) is 0 Å². The van der Waals surface area contributed by atoms with E-state index < -0.39 is 17.7 Å². The number of hydrogen-bond donors (Lipinski definition) is 1.